The average molecular weight is 276 g/mol. The molecule has 2 rings (SSSR count). The van der Waals surface area contributed by atoms with Gasteiger partial charge < -0.3 is 15.7 Å². The summed E-state index contributed by atoms with van der Waals surface area (Å²) in [5.74, 6) is -0.950. The molecule has 1 fully saturated rings. The van der Waals surface area contributed by atoms with Crippen LogP contribution in [0.2, 0.25) is 0 Å². The molecule has 20 heavy (non-hydrogen) atoms. The lowest BCUT2D eigenvalue weighted by molar-refractivity contribution is -0.153. The summed E-state index contributed by atoms with van der Waals surface area (Å²) in [5, 5.41) is 9.29. The van der Waals surface area contributed by atoms with E-state index in [4.69, 9.17) is 5.73 Å². The van der Waals surface area contributed by atoms with Crippen molar-refractivity contribution in [1.29, 1.82) is 0 Å². The van der Waals surface area contributed by atoms with Crippen molar-refractivity contribution in [2.45, 2.75) is 31.8 Å². The highest BCUT2D eigenvalue weighted by molar-refractivity contribution is 5.88. The fourth-order valence-corrected chi connectivity index (χ4v) is 2.62. The second-order valence-corrected chi connectivity index (χ2v) is 5.40. The Bertz CT molecular complexity index is 489. The Morgan fingerprint density at radius 1 is 1.35 bits per heavy atom. The summed E-state index contributed by atoms with van der Waals surface area (Å²) >= 11 is 0. The zero-order chi connectivity index (χ0) is 14.7. The molecule has 3 atom stereocenters. The maximum atomic E-state index is 12.5. The molecule has 2 unspecified atom stereocenters. The first-order valence-electron chi connectivity index (χ1n) is 6.84. The average Bonchev–Trinajstić information content (AvgIpc) is 2.46. The van der Waals surface area contributed by atoms with Crippen LogP contribution in [0, 0.1) is 5.92 Å². The summed E-state index contributed by atoms with van der Waals surface area (Å²) in [7, 11) is 0. The molecular formula is C15H20N2O3. The van der Waals surface area contributed by atoms with E-state index >= 15 is 0 Å². The topological polar surface area (TPSA) is 83.6 Å². The lowest BCUT2D eigenvalue weighted by atomic mass is 9.91. The minimum Gasteiger partial charge on any atom is -0.480 e. The summed E-state index contributed by atoms with van der Waals surface area (Å²) in [6.07, 6.45) is 1.31. The van der Waals surface area contributed by atoms with Gasteiger partial charge in [-0.2, -0.15) is 0 Å². The van der Waals surface area contributed by atoms with Gasteiger partial charge in [0.1, 0.15) is 12.1 Å². The van der Waals surface area contributed by atoms with Gasteiger partial charge in [0.15, 0.2) is 0 Å². The van der Waals surface area contributed by atoms with Crippen LogP contribution in [0.5, 0.6) is 0 Å². The molecule has 1 aliphatic rings. The van der Waals surface area contributed by atoms with Crippen LogP contribution >= 0.6 is 0 Å². The zero-order valence-corrected chi connectivity index (χ0v) is 11.5. The van der Waals surface area contributed by atoms with Gasteiger partial charge in [-0.3, -0.25) is 4.79 Å². The predicted molar refractivity (Wildman–Crippen MR) is 74.9 cm³/mol. The Labute approximate surface area is 118 Å². The highest BCUT2D eigenvalue weighted by Crippen LogP contribution is 2.25. The number of amides is 1. The molecule has 1 aliphatic heterocycles. The van der Waals surface area contributed by atoms with Crippen LogP contribution < -0.4 is 5.73 Å². The monoisotopic (exact) mass is 276 g/mol. The van der Waals surface area contributed by atoms with E-state index in [1.165, 1.54) is 4.90 Å². The van der Waals surface area contributed by atoms with Gasteiger partial charge in [0.05, 0.1) is 0 Å². The van der Waals surface area contributed by atoms with E-state index in [2.05, 4.69) is 0 Å². The summed E-state index contributed by atoms with van der Waals surface area (Å²) in [6, 6.07) is 7.48. The number of carboxylic acids is 1. The molecular weight excluding hydrogens is 256 g/mol. The molecule has 1 aromatic rings. The molecule has 1 aromatic carbocycles. The highest BCUT2D eigenvalue weighted by Gasteiger charge is 2.36. The molecule has 1 heterocycles. The number of hydrogen-bond acceptors (Lipinski definition) is 3. The first kappa shape index (κ1) is 14.5. The zero-order valence-electron chi connectivity index (χ0n) is 11.5. The smallest absolute Gasteiger partial charge is 0.326 e. The van der Waals surface area contributed by atoms with Gasteiger partial charge in [0, 0.05) is 6.54 Å². The molecule has 108 valence electrons. The Morgan fingerprint density at radius 3 is 2.60 bits per heavy atom. The molecule has 0 bridgehead atoms. The molecule has 0 saturated carbocycles. The van der Waals surface area contributed by atoms with Crippen molar-refractivity contribution < 1.29 is 14.7 Å². The SMILES string of the molecule is CC1CCN(C(=O)[C@H](N)c2ccccc2)C(C(=O)O)C1. The second kappa shape index (κ2) is 6.05. The number of carbonyl (C=O) groups excluding carboxylic acids is 1. The van der Waals surface area contributed by atoms with Crippen LogP contribution in [0.4, 0.5) is 0 Å². The molecule has 0 aliphatic carbocycles. The van der Waals surface area contributed by atoms with E-state index in [9.17, 15) is 14.7 Å². The number of benzene rings is 1. The van der Waals surface area contributed by atoms with Gasteiger partial charge in [0.25, 0.3) is 0 Å². The van der Waals surface area contributed by atoms with Gasteiger partial charge in [-0.05, 0) is 24.3 Å². The first-order chi connectivity index (χ1) is 9.50. The molecule has 0 spiro atoms. The molecule has 0 radical (unpaired) electrons. The van der Waals surface area contributed by atoms with E-state index in [1.54, 1.807) is 12.1 Å². The number of carbonyl (C=O) groups is 2. The minimum absolute atomic E-state index is 0.310. The molecule has 1 amide bonds. The third-order valence-electron chi connectivity index (χ3n) is 3.86. The van der Waals surface area contributed by atoms with E-state index in [0.29, 0.717) is 24.4 Å². The van der Waals surface area contributed by atoms with Crippen molar-refractivity contribution in [3.05, 3.63) is 35.9 Å². The van der Waals surface area contributed by atoms with Crippen LogP contribution in [-0.2, 0) is 9.59 Å². The lowest BCUT2D eigenvalue weighted by Gasteiger charge is -2.37. The normalized spacial score (nSPS) is 24.2. The van der Waals surface area contributed by atoms with Gasteiger partial charge >= 0.3 is 5.97 Å². The number of carboxylic acid groups (broad SMARTS) is 1. The van der Waals surface area contributed by atoms with Crippen molar-refractivity contribution in [1.82, 2.24) is 4.90 Å². The minimum atomic E-state index is -0.954. The molecule has 0 aromatic heterocycles. The molecule has 5 nitrogen and oxygen atoms in total. The van der Waals surface area contributed by atoms with Crippen LogP contribution in [0.15, 0.2) is 30.3 Å². The van der Waals surface area contributed by atoms with Crippen LogP contribution in [0.1, 0.15) is 31.4 Å². The summed E-state index contributed by atoms with van der Waals surface area (Å²) < 4.78 is 0. The van der Waals surface area contributed by atoms with Crippen LogP contribution in [0.3, 0.4) is 0 Å². The number of nitrogens with zero attached hydrogens (tertiary/aromatic N) is 1. The summed E-state index contributed by atoms with van der Waals surface area (Å²) in [4.78, 5) is 25.2. The Hall–Kier alpha value is -1.88. The fraction of sp³-hybridized carbons (Fsp3) is 0.467. The van der Waals surface area contributed by atoms with Gasteiger partial charge in [-0.15, -0.1) is 0 Å². The Kier molecular flexibility index (Phi) is 4.39. The van der Waals surface area contributed by atoms with Crippen molar-refractivity contribution in [2.24, 2.45) is 11.7 Å². The van der Waals surface area contributed by atoms with E-state index in [-0.39, 0.29) is 5.91 Å². The maximum Gasteiger partial charge on any atom is 0.326 e. The molecule has 3 N–H and O–H groups in total. The standard InChI is InChI=1S/C15H20N2O3/c1-10-7-8-17(12(9-10)15(19)20)14(18)13(16)11-5-3-2-4-6-11/h2-6,10,12-13H,7-9,16H2,1H3,(H,19,20)/t10?,12?,13-/m1/s1. The van der Waals surface area contributed by atoms with Gasteiger partial charge in [-0.1, -0.05) is 37.3 Å². The van der Waals surface area contributed by atoms with Gasteiger partial charge in [0.2, 0.25) is 5.91 Å². The third-order valence-corrected chi connectivity index (χ3v) is 3.86. The summed E-state index contributed by atoms with van der Waals surface area (Å²) in [5.41, 5.74) is 6.69. The quantitative estimate of drug-likeness (QED) is 0.874. The molecule has 1 saturated heterocycles. The third kappa shape index (κ3) is 2.99. The number of rotatable bonds is 3. The van der Waals surface area contributed by atoms with E-state index in [0.717, 1.165) is 6.42 Å². The fourth-order valence-electron chi connectivity index (χ4n) is 2.62. The first-order valence-corrected chi connectivity index (χ1v) is 6.84. The van der Waals surface area contributed by atoms with Gasteiger partial charge in [-0.25, -0.2) is 4.79 Å². The highest BCUT2D eigenvalue weighted by atomic mass is 16.4. The van der Waals surface area contributed by atoms with Crippen molar-refractivity contribution in [3.8, 4) is 0 Å². The number of piperidine rings is 1. The van der Waals surface area contributed by atoms with Crippen LogP contribution in [-0.4, -0.2) is 34.5 Å². The van der Waals surface area contributed by atoms with E-state index < -0.39 is 18.1 Å². The number of hydrogen-bond donors (Lipinski definition) is 2. The number of nitrogens with two attached hydrogens (primary N) is 1. The van der Waals surface area contributed by atoms with Crippen LogP contribution in [0.25, 0.3) is 0 Å². The Balaban J connectivity index is 2.16. The van der Waals surface area contributed by atoms with Crippen molar-refractivity contribution in [3.63, 3.8) is 0 Å². The van der Waals surface area contributed by atoms with E-state index in [1.807, 2.05) is 25.1 Å². The second-order valence-electron chi connectivity index (χ2n) is 5.40. The Morgan fingerprint density at radius 2 is 2.00 bits per heavy atom. The predicted octanol–water partition coefficient (Wildman–Crippen LogP) is 1.40. The maximum absolute atomic E-state index is 12.5. The van der Waals surface area contributed by atoms with Crippen molar-refractivity contribution in [2.75, 3.05) is 6.54 Å². The largest absolute Gasteiger partial charge is 0.480 e. The molecule has 5 heteroatoms. The summed E-state index contributed by atoms with van der Waals surface area (Å²) in [6.45, 7) is 2.46. The number of likely N-dealkylation sites (tertiary alicyclic amines) is 1. The lowest BCUT2D eigenvalue weighted by Crippen LogP contribution is -2.52. The number of aliphatic carboxylic acids is 1. The van der Waals surface area contributed by atoms with Crippen molar-refractivity contribution >= 4 is 11.9 Å².